The maximum absolute atomic E-state index is 3.43. The highest BCUT2D eigenvalue weighted by atomic mass is 15.2. The van der Waals surface area contributed by atoms with Crippen LogP contribution in [0.25, 0.3) is 0 Å². The molecule has 1 rings (SSSR count). The van der Waals surface area contributed by atoms with E-state index in [2.05, 4.69) is 45.0 Å². The van der Waals surface area contributed by atoms with Crippen molar-refractivity contribution in [1.82, 2.24) is 10.2 Å². The molecule has 1 N–H and O–H groups in total. The van der Waals surface area contributed by atoms with E-state index in [1.54, 1.807) is 0 Å². The molecule has 1 aliphatic rings. The van der Waals surface area contributed by atoms with Gasteiger partial charge in [-0.2, -0.15) is 0 Å². The fraction of sp³-hybridized carbons (Fsp3) is 1.00. The van der Waals surface area contributed by atoms with Crippen molar-refractivity contribution in [3.63, 3.8) is 0 Å². The zero-order valence-corrected chi connectivity index (χ0v) is 9.72. The van der Waals surface area contributed by atoms with Crippen LogP contribution in [-0.2, 0) is 0 Å². The second-order valence-electron chi connectivity index (χ2n) is 5.28. The summed E-state index contributed by atoms with van der Waals surface area (Å²) in [6.07, 6.45) is 1.33. The van der Waals surface area contributed by atoms with Gasteiger partial charge in [0.05, 0.1) is 0 Å². The molecule has 0 aromatic carbocycles. The van der Waals surface area contributed by atoms with E-state index in [1.165, 1.54) is 19.5 Å². The summed E-state index contributed by atoms with van der Waals surface area (Å²) in [5, 5.41) is 3.43. The van der Waals surface area contributed by atoms with E-state index in [4.69, 9.17) is 0 Å². The van der Waals surface area contributed by atoms with Gasteiger partial charge >= 0.3 is 0 Å². The third-order valence-corrected chi connectivity index (χ3v) is 3.45. The van der Waals surface area contributed by atoms with Gasteiger partial charge in [0, 0.05) is 11.6 Å². The minimum absolute atomic E-state index is 0.294. The molecule has 1 saturated heterocycles. The molecule has 0 aromatic heterocycles. The summed E-state index contributed by atoms with van der Waals surface area (Å²) in [4.78, 5) is 2.49. The van der Waals surface area contributed by atoms with Crippen molar-refractivity contribution < 1.29 is 0 Å². The van der Waals surface area contributed by atoms with Crippen LogP contribution < -0.4 is 5.32 Å². The van der Waals surface area contributed by atoms with Crippen molar-refractivity contribution in [3.8, 4) is 0 Å². The number of rotatable bonds is 2. The van der Waals surface area contributed by atoms with Crippen LogP contribution in [0, 0.1) is 5.92 Å². The number of hydrogen-bond acceptors (Lipinski definition) is 2. The van der Waals surface area contributed by atoms with E-state index in [1.807, 2.05) is 0 Å². The molecule has 2 nitrogen and oxygen atoms in total. The fourth-order valence-electron chi connectivity index (χ4n) is 2.02. The molecule has 78 valence electrons. The zero-order valence-electron chi connectivity index (χ0n) is 9.72. The number of nitrogens with one attached hydrogen (secondary N) is 1. The van der Waals surface area contributed by atoms with E-state index < -0.39 is 0 Å². The lowest BCUT2D eigenvalue weighted by molar-refractivity contribution is 0.0939. The normalized spacial score (nSPS) is 26.8. The lowest BCUT2D eigenvalue weighted by Crippen LogP contribution is -2.47. The van der Waals surface area contributed by atoms with E-state index >= 15 is 0 Å². The van der Waals surface area contributed by atoms with Gasteiger partial charge < -0.3 is 5.32 Å². The predicted molar refractivity (Wildman–Crippen MR) is 58.0 cm³/mol. The lowest BCUT2D eigenvalue weighted by atomic mass is 9.95. The number of nitrogens with zero attached hydrogens (tertiary/aromatic N) is 1. The van der Waals surface area contributed by atoms with Crippen molar-refractivity contribution in [2.45, 2.75) is 45.7 Å². The SMILES string of the molecule is CC(C1CCNC1)N(C)C(C)(C)C. The third kappa shape index (κ3) is 2.68. The van der Waals surface area contributed by atoms with Gasteiger partial charge in [-0.1, -0.05) is 0 Å². The van der Waals surface area contributed by atoms with Crippen molar-refractivity contribution >= 4 is 0 Å². The minimum atomic E-state index is 0.294. The van der Waals surface area contributed by atoms with Gasteiger partial charge in [0.1, 0.15) is 0 Å². The first-order valence-electron chi connectivity index (χ1n) is 5.36. The molecule has 2 heteroatoms. The average molecular weight is 184 g/mol. The molecular formula is C11H24N2. The molecule has 1 heterocycles. The molecule has 0 radical (unpaired) electrons. The highest BCUT2D eigenvalue weighted by Crippen LogP contribution is 2.22. The summed E-state index contributed by atoms with van der Waals surface area (Å²) in [5.74, 6) is 0.837. The molecule has 0 amide bonds. The van der Waals surface area contributed by atoms with Crippen LogP contribution in [0.3, 0.4) is 0 Å². The predicted octanol–water partition coefficient (Wildman–Crippen LogP) is 1.71. The van der Waals surface area contributed by atoms with Gasteiger partial charge in [-0.05, 0) is 60.2 Å². The number of hydrogen-bond donors (Lipinski definition) is 1. The van der Waals surface area contributed by atoms with Crippen LogP contribution in [0.2, 0.25) is 0 Å². The van der Waals surface area contributed by atoms with Gasteiger partial charge in [-0.15, -0.1) is 0 Å². The maximum atomic E-state index is 3.43. The summed E-state index contributed by atoms with van der Waals surface area (Å²) in [5.41, 5.74) is 0.294. The summed E-state index contributed by atoms with van der Waals surface area (Å²) in [6, 6.07) is 0.690. The Morgan fingerprint density at radius 3 is 2.38 bits per heavy atom. The molecule has 0 saturated carbocycles. The summed E-state index contributed by atoms with van der Waals surface area (Å²) < 4.78 is 0. The third-order valence-electron chi connectivity index (χ3n) is 3.45. The fourth-order valence-corrected chi connectivity index (χ4v) is 2.02. The van der Waals surface area contributed by atoms with Crippen LogP contribution in [0.5, 0.6) is 0 Å². The van der Waals surface area contributed by atoms with Gasteiger partial charge in [0.15, 0.2) is 0 Å². The molecular weight excluding hydrogens is 160 g/mol. The monoisotopic (exact) mass is 184 g/mol. The first-order chi connectivity index (χ1) is 5.93. The molecule has 0 spiro atoms. The van der Waals surface area contributed by atoms with Crippen molar-refractivity contribution in [3.05, 3.63) is 0 Å². The standard InChI is InChI=1S/C11H24N2/c1-9(10-6-7-12-8-10)13(5)11(2,3)4/h9-10,12H,6-8H2,1-5H3. The van der Waals surface area contributed by atoms with E-state index in [9.17, 15) is 0 Å². The largest absolute Gasteiger partial charge is 0.316 e. The Hall–Kier alpha value is -0.0800. The molecule has 0 bridgehead atoms. The second-order valence-corrected chi connectivity index (χ2v) is 5.28. The van der Waals surface area contributed by atoms with Crippen LogP contribution in [0.15, 0.2) is 0 Å². The summed E-state index contributed by atoms with van der Waals surface area (Å²) in [6.45, 7) is 11.6. The minimum Gasteiger partial charge on any atom is -0.316 e. The first-order valence-corrected chi connectivity index (χ1v) is 5.36. The second kappa shape index (κ2) is 3.97. The molecule has 2 unspecified atom stereocenters. The Balaban J connectivity index is 2.50. The molecule has 13 heavy (non-hydrogen) atoms. The van der Waals surface area contributed by atoms with Gasteiger partial charge in [-0.3, -0.25) is 4.90 Å². The lowest BCUT2D eigenvalue weighted by Gasteiger charge is -2.39. The van der Waals surface area contributed by atoms with Crippen LogP contribution >= 0.6 is 0 Å². The molecule has 0 aromatic rings. The topological polar surface area (TPSA) is 15.3 Å². The summed E-state index contributed by atoms with van der Waals surface area (Å²) >= 11 is 0. The van der Waals surface area contributed by atoms with Crippen LogP contribution in [0.4, 0.5) is 0 Å². The van der Waals surface area contributed by atoms with Crippen molar-refractivity contribution in [2.24, 2.45) is 5.92 Å². The van der Waals surface area contributed by atoms with Gasteiger partial charge in [0.25, 0.3) is 0 Å². The Labute approximate surface area is 82.7 Å². The van der Waals surface area contributed by atoms with E-state index in [0.717, 1.165) is 5.92 Å². The molecule has 0 aliphatic carbocycles. The van der Waals surface area contributed by atoms with Crippen molar-refractivity contribution in [1.29, 1.82) is 0 Å². The quantitative estimate of drug-likeness (QED) is 0.703. The van der Waals surface area contributed by atoms with Crippen LogP contribution in [0.1, 0.15) is 34.1 Å². The molecule has 1 fully saturated rings. The summed E-state index contributed by atoms with van der Waals surface area (Å²) in [7, 11) is 2.24. The molecule has 2 atom stereocenters. The Morgan fingerprint density at radius 1 is 1.38 bits per heavy atom. The first kappa shape index (κ1) is 11.0. The molecule has 1 aliphatic heterocycles. The highest BCUT2D eigenvalue weighted by Gasteiger charge is 2.29. The van der Waals surface area contributed by atoms with E-state index in [0.29, 0.717) is 11.6 Å². The Morgan fingerprint density at radius 2 is 2.00 bits per heavy atom. The van der Waals surface area contributed by atoms with Crippen molar-refractivity contribution in [2.75, 3.05) is 20.1 Å². The van der Waals surface area contributed by atoms with E-state index in [-0.39, 0.29) is 0 Å². The highest BCUT2D eigenvalue weighted by molar-refractivity contribution is 4.86. The smallest absolute Gasteiger partial charge is 0.0124 e. The van der Waals surface area contributed by atoms with Gasteiger partial charge in [0.2, 0.25) is 0 Å². The zero-order chi connectivity index (χ0) is 10.1. The van der Waals surface area contributed by atoms with Crippen LogP contribution in [-0.4, -0.2) is 36.6 Å². The Kier molecular flexibility index (Phi) is 3.36. The Bertz CT molecular complexity index is 154. The average Bonchev–Trinajstić information content (AvgIpc) is 2.51. The van der Waals surface area contributed by atoms with Gasteiger partial charge in [-0.25, -0.2) is 0 Å². The maximum Gasteiger partial charge on any atom is 0.0124 e.